The molecule has 0 saturated heterocycles. The Balaban J connectivity index is 0.00000192. The van der Waals surface area contributed by atoms with Gasteiger partial charge in [-0.1, -0.05) is 47.5 Å². The van der Waals surface area contributed by atoms with Gasteiger partial charge in [-0.15, -0.1) is 12.4 Å². The van der Waals surface area contributed by atoms with E-state index in [1.165, 1.54) is 0 Å². The van der Waals surface area contributed by atoms with Gasteiger partial charge in [0.05, 0.1) is 4.90 Å². The molecule has 0 aromatic heterocycles. The summed E-state index contributed by atoms with van der Waals surface area (Å²) in [6, 6.07) is 10.4. The van der Waals surface area contributed by atoms with Crippen LogP contribution in [0.1, 0.15) is 6.42 Å². The Morgan fingerprint density at radius 2 is 1.87 bits per heavy atom. The molecule has 4 nitrogen and oxygen atoms in total. The largest absolute Gasteiger partial charge is 0.313 e. The summed E-state index contributed by atoms with van der Waals surface area (Å²) in [5, 5.41) is 5.14. The van der Waals surface area contributed by atoms with Crippen LogP contribution >= 0.6 is 24.0 Å². The standard InChI is InChI=1S/C16H17ClN2O2S.ClH/c17-15-5-6-16(14-4-2-1-3-13(14)15)22(20,21)19-11-12-7-9-18-10-8-12;/h1-7,18-19H,8-11H2;1H. The second-order valence-electron chi connectivity index (χ2n) is 5.23. The van der Waals surface area contributed by atoms with Gasteiger partial charge >= 0.3 is 0 Å². The molecule has 0 amide bonds. The number of rotatable bonds is 4. The Kier molecular flexibility index (Phi) is 6.06. The molecule has 0 unspecified atom stereocenters. The molecule has 23 heavy (non-hydrogen) atoms. The van der Waals surface area contributed by atoms with E-state index in [0.29, 0.717) is 17.0 Å². The molecule has 0 saturated carbocycles. The summed E-state index contributed by atoms with van der Waals surface area (Å²) in [5.41, 5.74) is 1.11. The van der Waals surface area contributed by atoms with E-state index >= 15 is 0 Å². The Morgan fingerprint density at radius 3 is 2.57 bits per heavy atom. The number of halogens is 2. The minimum Gasteiger partial charge on any atom is -0.313 e. The van der Waals surface area contributed by atoms with Crippen molar-refractivity contribution < 1.29 is 8.42 Å². The zero-order chi connectivity index (χ0) is 15.6. The van der Waals surface area contributed by atoms with E-state index in [9.17, 15) is 8.42 Å². The van der Waals surface area contributed by atoms with Gasteiger partial charge in [-0.25, -0.2) is 13.1 Å². The fourth-order valence-electron chi connectivity index (χ4n) is 2.56. The predicted octanol–water partition coefficient (Wildman–Crippen LogP) is 3.11. The van der Waals surface area contributed by atoms with Crippen LogP contribution in [0.15, 0.2) is 52.9 Å². The molecule has 1 aliphatic rings. The summed E-state index contributed by atoms with van der Waals surface area (Å²) in [6.07, 6.45) is 2.90. The van der Waals surface area contributed by atoms with Crippen LogP contribution in [0.5, 0.6) is 0 Å². The van der Waals surface area contributed by atoms with E-state index < -0.39 is 10.0 Å². The summed E-state index contributed by atoms with van der Waals surface area (Å²) < 4.78 is 27.9. The maximum atomic E-state index is 12.6. The average molecular weight is 373 g/mol. The lowest BCUT2D eigenvalue weighted by Crippen LogP contribution is -2.29. The van der Waals surface area contributed by atoms with Crippen LogP contribution < -0.4 is 10.0 Å². The third-order valence-electron chi connectivity index (χ3n) is 3.77. The molecule has 0 aliphatic carbocycles. The lowest BCUT2D eigenvalue weighted by molar-refractivity contribution is 0.583. The number of benzene rings is 2. The third kappa shape index (κ3) is 4.05. The monoisotopic (exact) mass is 372 g/mol. The first-order valence-electron chi connectivity index (χ1n) is 7.13. The summed E-state index contributed by atoms with van der Waals surface area (Å²) in [4.78, 5) is 0.266. The van der Waals surface area contributed by atoms with Crippen molar-refractivity contribution in [2.45, 2.75) is 11.3 Å². The van der Waals surface area contributed by atoms with Crippen LogP contribution in [0.25, 0.3) is 10.8 Å². The number of fused-ring (bicyclic) bond motifs is 1. The maximum Gasteiger partial charge on any atom is 0.241 e. The SMILES string of the molecule is Cl.O=S(=O)(NCC1=CCNCC1)c1ccc(Cl)c2ccccc12. The van der Waals surface area contributed by atoms with Gasteiger partial charge in [-0.3, -0.25) is 0 Å². The van der Waals surface area contributed by atoms with Crippen LogP contribution in [0.3, 0.4) is 0 Å². The van der Waals surface area contributed by atoms with Crippen LogP contribution in [-0.2, 0) is 10.0 Å². The van der Waals surface area contributed by atoms with E-state index in [-0.39, 0.29) is 17.3 Å². The summed E-state index contributed by atoms with van der Waals surface area (Å²) in [5.74, 6) is 0. The second kappa shape index (κ2) is 7.64. The van der Waals surface area contributed by atoms with Gasteiger partial charge in [0, 0.05) is 28.9 Å². The van der Waals surface area contributed by atoms with Gasteiger partial charge in [0.2, 0.25) is 10.0 Å². The highest BCUT2D eigenvalue weighted by Crippen LogP contribution is 2.29. The fraction of sp³-hybridized carbons (Fsp3) is 0.250. The van der Waals surface area contributed by atoms with Gasteiger partial charge in [0.15, 0.2) is 0 Å². The Labute approximate surface area is 147 Å². The number of sulfonamides is 1. The number of hydrogen-bond donors (Lipinski definition) is 2. The van der Waals surface area contributed by atoms with Crippen molar-refractivity contribution in [3.8, 4) is 0 Å². The molecule has 1 aliphatic heterocycles. The number of nitrogens with one attached hydrogen (secondary N) is 2. The van der Waals surface area contributed by atoms with Crippen molar-refractivity contribution in [1.29, 1.82) is 0 Å². The Bertz CT molecular complexity index is 835. The minimum absolute atomic E-state index is 0. The molecule has 0 bridgehead atoms. The molecular weight excluding hydrogens is 355 g/mol. The normalized spacial score (nSPS) is 15.1. The van der Waals surface area contributed by atoms with Crippen molar-refractivity contribution in [3.05, 3.63) is 53.1 Å². The Morgan fingerprint density at radius 1 is 1.13 bits per heavy atom. The highest BCUT2D eigenvalue weighted by Gasteiger charge is 2.18. The number of hydrogen-bond acceptors (Lipinski definition) is 3. The molecule has 0 atom stereocenters. The zero-order valence-corrected chi connectivity index (χ0v) is 14.8. The van der Waals surface area contributed by atoms with Crippen molar-refractivity contribution in [2.24, 2.45) is 0 Å². The van der Waals surface area contributed by atoms with Crippen molar-refractivity contribution in [2.75, 3.05) is 19.6 Å². The van der Waals surface area contributed by atoms with Crippen LogP contribution in [0, 0.1) is 0 Å². The molecular formula is C16H18Cl2N2O2S. The van der Waals surface area contributed by atoms with Gasteiger partial charge in [-0.05, 0) is 25.1 Å². The molecule has 0 spiro atoms. The highest BCUT2D eigenvalue weighted by molar-refractivity contribution is 7.89. The van der Waals surface area contributed by atoms with E-state index in [1.807, 2.05) is 24.3 Å². The van der Waals surface area contributed by atoms with Crippen LogP contribution in [-0.4, -0.2) is 28.1 Å². The van der Waals surface area contributed by atoms with E-state index in [0.717, 1.165) is 30.5 Å². The van der Waals surface area contributed by atoms with E-state index in [4.69, 9.17) is 11.6 Å². The molecule has 124 valence electrons. The average Bonchev–Trinajstić information content (AvgIpc) is 2.54. The first-order valence-corrected chi connectivity index (χ1v) is 8.99. The topological polar surface area (TPSA) is 58.2 Å². The smallest absolute Gasteiger partial charge is 0.241 e. The molecule has 2 aromatic carbocycles. The van der Waals surface area contributed by atoms with Crippen molar-refractivity contribution in [3.63, 3.8) is 0 Å². The fourth-order valence-corrected chi connectivity index (χ4v) is 4.04. The minimum atomic E-state index is -3.57. The molecule has 7 heteroatoms. The van der Waals surface area contributed by atoms with Gasteiger partial charge in [0.25, 0.3) is 0 Å². The quantitative estimate of drug-likeness (QED) is 0.810. The van der Waals surface area contributed by atoms with E-state index in [2.05, 4.69) is 10.0 Å². The molecule has 1 heterocycles. The predicted molar refractivity (Wildman–Crippen MR) is 97.0 cm³/mol. The van der Waals surface area contributed by atoms with Gasteiger partial charge in [0.1, 0.15) is 0 Å². The van der Waals surface area contributed by atoms with Gasteiger partial charge < -0.3 is 5.32 Å². The molecule has 2 aromatic rings. The molecule has 3 rings (SSSR count). The van der Waals surface area contributed by atoms with Crippen molar-refractivity contribution >= 4 is 44.8 Å². The molecule has 0 fully saturated rings. The maximum absolute atomic E-state index is 12.6. The van der Waals surface area contributed by atoms with Crippen molar-refractivity contribution in [1.82, 2.24) is 10.0 Å². The Hall–Kier alpha value is -1.11. The third-order valence-corrected chi connectivity index (χ3v) is 5.56. The second-order valence-corrected chi connectivity index (χ2v) is 7.37. The summed E-state index contributed by atoms with van der Waals surface area (Å²) >= 11 is 6.15. The van der Waals surface area contributed by atoms with E-state index in [1.54, 1.807) is 18.2 Å². The summed E-state index contributed by atoms with van der Waals surface area (Å²) in [7, 11) is -3.57. The first-order chi connectivity index (χ1) is 10.6. The first kappa shape index (κ1) is 18.2. The van der Waals surface area contributed by atoms with Crippen LogP contribution in [0.4, 0.5) is 0 Å². The van der Waals surface area contributed by atoms with Crippen LogP contribution in [0.2, 0.25) is 5.02 Å². The lowest BCUT2D eigenvalue weighted by Gasteiger charge is -2.15. The summed E-state index contributed by atoms with van der Waals surface area (Å²) in [6.45, 7) is 2.03. The molecule has 2 N–H and O–H groups in total. The molecule has 0 radical (unpaired) electrons. The zero-order valence-electron chi connectivity index (χ0n) is 12.4. The highest BCUT2D eigenvalue weighted by atomic mass is 35.5. The van der Waals surface area contributed by atoms with Gasteiger partial charge in [-0.2, -0.15) is 0 Å². The lowest BCUT2D eigenvalue weighted by atomic mass is 10.1.